The van der Waals surface area contributed by atoms with Gasteiger partial charge in [0.25, 0.3) is 0 Å². The smallest absolute Gasteiger partial charge is 0.316 e. The number of aliphatic hydroxyl groups is 1. The average Bonchev–Trinajstić information content (AvgIpc) is 1.37. The molecule has 0 rings (SSSR count). The summed E-state index contributed by atoms with van der Waals surface area (Å²) in [5, 5.41) is 7.88. The molecule has 3 heteroatoms. The molecule has 6 heavy (non-hydrogen) atoms. The lowest BCUT2D eigenvalue weighted by Gasteiger charge is -1.69. The molecule has 0 unspecified atom stereocenters. The zero-order valence-corrected chi connectivity index (χ0v) is 4.09. The zero-order valence-electron chi connectivity index (χ0n) is 3.27. The molecule has 0 heterocycles. The third-order valence-electron chi connectivity index (χ3n) is 0.224. The van der Waals surface area contributed by atoms with Gasteiger partial charge in [0.05, 0.1) is 0 Å². The Morgan fingerprint density at radius 1 is 1.50 bits per heavy atom. The van der Waals surface area contributed by atoms with Crippen molar-refractivity contribution >= 4 is 35.5 Å². The van der Waals surface area contributed by atoms with Crippen LogP contribution in [0.5, 0.6) is 0 Å². The number of halogens is 1. The lowest BCUT2D eigenvalue weighted by Crippen LogP contribution is -1.69. The van der Waals surface area contributed by atoms with Crippen molar-refractivity contribution in [2.24, 2.45) is 0 Å². The SMILES string of the molecule is CCCO.Cl.[MgH2]. The lowest BCUT2D eigenvalue weighted by molar-refractivity contribution is 0.295. The molecule has 0 aromatic rings. The van der Waals surface area contributed by atoms with Gasteiger partial charge >= 0.3 is 23.1 Å². The van der Waals surface area contributed by atoms with Crippen molar-refractivity contribution in [1.29, 1.82) is 0 Å². The number of rotatable bonds is 1. The molecule has 1 N–H and O–H groups in total. The monoisotopic (exact) mass is 122 g/mol. The molecule has 0 saturated carbocycles. The fourth-order valence-electron chi connectivity index (χ4n) is 0. The quantitative estimate of drug-likeness (QED) is 0.482. The molecule has 0 aliphatic heterocycles. The first-order chi connectivity index (χ1) is 1.91. The van der Waals surface area contributed by atoms with Crippen LogP contribution in [0.25, 0.3) is 0 Å². The van der Waals surface area contributed by atoms with Gasteiger partial charge in [-0.2, -0.15) is 0 Å². The van der Waals surface area contributed by atoms with Crippen LogP contribution in [-0.2, 0) is 0 Å². The van der Waals surface area contributed by atoms with Gasteiger partial charge in [-0.05, 0) is 6.42 Å². The van der Waals surface area contributed by atoms with E-state index in [2.05, 4.69) is 0 Å². The van der Waals surface area contributed by atoms with Gasteiger partial charge in [-0.3, -0.25) is 0 Å². The van der Waals surface area contributed by atoms with E-state index in [1.54, 1.807) is 0 Å². The molecule has 0 radical (unpaired) electrons. The third-order valence-corrected chi connectivity index (χ3v) is 0.224. The normalized spacial score (nSPS) is 5.00. The van der Waals surface area contributed by atoms with Gasteiger partial charge in [0.2, 0.25) is 0 Å². The highest BCUT2D eigenvalue weighted by Gasteiger charge is 1.57. The summed E-state index contributed by atoms with van der Waals surface area (Å²) in [6, 6.07) is 0. The second-order valence-corrected chi connectivity index (χ2v) is 0.724. The number of aliphatic hydroxyl groups excluding tert-OH is 1. The van der Waals surface area contributed by atoms with Gasteiger partial charge in [0.1, 0.15) is 0 Å². The molecule has 0 saturated heterocycles. The lowest BCUT2D eigenvalue weighted by atomic mass is 10.5. The Kier molecular flexibility index (Phi) is 43.7. The highest BCUT2D eigenvalue weighted by Crippen LogP contribution is 1.61. The van der Waals surface area contributed by atoms with Crippen LogP contribution < -0.4 is 0 Å². The van der Waals surface area contributed by atoms with Gasteiger partial charge < -0.3 is 5.11 Å². The van der Waals surface area contributed by atoms with Crippen molar-refractivity contribution < 1.29 is 5.11 Å². The van der Waals surface area contributed by atoms with Crippen molar-refractivity contribution in [3.63, 3.8) is 0 Å². The van der Waals surface area contributed by atoms with E-state index < -0.39 is 0 Å². The first-order valence-electron chi connectivity index (χ1n) is 1.52. The Bertz CT molecular complexity index is 12.8. The van der Waals surface area contributed by atoms with Crippen LogP contribution in [-0.4, -0.2) is 34.8 Å². The fourth-order valence-corrected chi connectivity index (χ4v) is 0. The predicted molar refractivity (Wildman–Crippen MR) is 33.2 cm³/mol. The summed E-state index contributed by atoms with van der Waals surface area (Å²) < 4.78 is 0. The Hall–Kier alpha value is 1.02. The van der Waals surface area contributed by atoms with E-state index in [0.717, 1.165) is 6.42 Å². The van der Waals surface area contributed by atoms with E-state index in [0.29, 0.717) is 6.61 Å². The van der Waals surface area contributed by atoms with Crippen LogP contribution in [0.3, 0.4) is 0 Å². The molecular formula is C3H11ClMgO. The second kappa shape index (κ2) is 16.6. The maximum Gasteiger partial charge on any atom is 0.316 e. The summed E-state index contributed by atoms with van der Waals surface area (Å²) in [5.41, 5.74) is 0. The van der Waals surface area contributed by atoms with Crippen molar-refractivity contribution in [2.45, 2.75) is 13.3 Å². The van der Waals surface area contributed by atoms with E-state index >= 15 is 0 Å². The van der Waals surface area contributed by atoms with E-state index in [4.69, 9.17) is 5.11 Å². The van der Waals surface area contributed by atoms with Gasteiger partial charge in [0, 0.05) is 6.61 Å². The number of hydrogen-bond acceptors (Lipinski definition) is 1. The van der Waals surface area contributed by atoms with Crippen molar-refractivity contribution in [1.82, 2.24) is 0 Å². The van der Waals surface area contributed by atoms with Crippen LogP contribution in [0.15, 0.2) is 0 Å². The zero-order chi connectivity index (χ0) is 3.41. The summed E-state index contributed by atoms with van der Waals surface area (Å²) in [6.07, 6.45) is 0.875. The van der Waals surface area contributed by atoms with E-state index in [-0.39, 0.29) is 35.5 Å². The summed E-state index contributed by atoms with van der Waals surface area (Å²) >= 11 is 0. The maximum absolute atomic E-state index is 7.88. The van der Waals surface area contributed by atoms with Crippen molar-refractivity contribution in [3.8, 4) is 0 Å². The molecule has 0 aliphatic carbocycles. The van der Waals surface area contributed by atoms with Crippen LogP contribution in [0.4, 0.5) is 0 Å². The fraction of sp³-hybridized carbons (Fsp3) is 1.00. The molecule has 0 aromatic carbocycles. The minimum absolute atomic E-state index is 0. The molecule has 0 bridgehead atoms. The van der Waals surface area contributed by atoms with E-state index in [1.165, 1.54) is 0 Å². The highest BCUT2D eigenvalue weighted by molar-refractivity contribution is 5.85. The molecule has 0 aromatic heterocycles. The highest BCUT2D eigenvalue weighted by atomic mass is 35.5. The molecule has 0 amide bonds. The van der Waals surface area contributed by atoms with Gasteiger partial charge in [-0.25, -0.2) is 0 Å². The Morgan fingerprint density at radius 2 is 1.67 bits per heavy atom. The Morgan fingerprint density at radius 3 is 1.67 bits per heavy atom. The van der Waals surface area contributed by atoms with E-state index in [9.17, 15) is 0 Å². The summed E-state index contributed by atoms with van der Waals surface area (Å²) in [5.74, 6) is 0. The van der Waals surface area contributed by atoms with Crippen LogP contribution in [0, 0.1) is 0 Å². The predicted octanol–water partition coefficient (Wildman–Crippen LogP) is -0.106. The average molecular weight is 123 g/mol. The first kappa shape index (κ1) is 15.7. The summed E-state index contributed by atoms with van der Waals surface area (Å²) in [6.45, 7) is 2.25. The van der Waals surface area contributed by atoms with Crippen LogP contribution in [0.1, 0.15) is 13.3 Å². The van der Waals surface area contributed by atoms with E-state index in [1.807, 2.05) is 6.92 Å². The minimum Gasteiger partial charge on any atom is -0.396 e. The molecule has 0 fully saturated rings. The summed E-state index contributed by atoms with van der Waals surface area (Å²) in [7, 11) is 0. The standard InChI is InChI=1S/C3H8O.ClH.Mg.2H/c1-2-3-4;;;;/h4H,2-3H2,1H3;1H;;;. The number of hydrogen-bond donors (Lipinski definition) is 1. The molecule has 0 spiro atoms. The molecule has 0 aliphatic rings. The van der Waals surface area contributed by atoms with Crippen molar-refractivity contribution in [3.05, 3.63) is 0 Å². The van der Waals surface area contributed by atoms with Gasteiger partial charge in [-0.15, -0.1) is 12.4 Å². The summed E-state index contributed by atoms with van der Waals surface area (Å²) in [4.78, 5) is 0. The topological polar surface area (TPSA) is 20.2 Å². The third kappa shape index (κ3) is 19.9. The molecule has 38 valence electrons. The Balaban J connectivity index is -0.0000000450. The Labute approximate surface area is 60.7 Å². The first-order valence-corrected chi connectivity index (χ1v) is 1.52. The molecule has 1 nitrogen and oxygen atoms in total. The maximum atomic E-state index is 7.88. The molecular weight excluding hydrogens is 112 g/mol. The molecule has 0 atom stereocenters. The second-order valence-electron chi connectivity index (χ2n) is 0.724. The van der Waals surface area contributed by atoms with Crippen LogP contribution >= 0.6 is 12.4 Å². The van der Waals surface area contributed by atoms with Gasteiger partial charge in [0.15, 0.2) is 0 Å². The van der Waals surface area contributed by atoms with Crippen LogP contribution in [0.2, 0.25) is 0 Å². The largest absolute Gasteiger partial charge is 0.396 e. The van der Waals surface area contributed by atoms with Gasteiger partial charge in [-0.1, -0.05) is 6.92 Å². The van der Waals surface area contributed by atoms with Crippen molar-refractivity contribution in [2.75, 3.05) is 6.61 Å². The minimum atomic E-state index is 0.